The van der Waals surface area contributed by atoms with E-state index in [1.165, 1.54) is 22.7 Å². The smallest absolute Gasteiger partial charge is 0.255 e. The van der Waals surface area contributed by atoms with E-state index in [9.17, 15) is 17.6 Å². The second-order valence-corrected chi connectivity index (χ2v) is 10.3. The molecular formula is C23H23FN2O4S. The van der Waals surface area contributed by atoms with Crippen LogP contribution in [0.25, 0.3) is 22.3 Å². The van der Waals surface area contributed by atoms with Crippen LogP contribution < -0.4 is 9.62 Å². The van der Waals surface area contributed by atoms with Crippen molar-refractivity contribution in [2.45, 2.75) is 25.2 Å². The van der Waals surface area contributed by atoms with Crippen LogP contribution in [-0.4, -0.2) is 34.2 Å². The third-order valence-electron chi connectivity index (χ3n) is 6.59. The van der Waals surface area contributed by atoms with Crippen molar-refractivity contribution in [2.24, 2.45) is 5.92 Å². The number of sulfonamides is 1. The van der Waals surface area contributed by atoms with Gasteiger partial charge in [0.1, 0.15) is 17.2 Å². The van der Waals surface area contributed by atoms with E-state index in [-0.39, 0.29) is 17.6 Å². The van der Waals surface area contributed by atoms with E-state index < -0.39 is 10.0 Å². The highest BCUT2D eigenvalue weighted by atomic mass is 32.2. The van der Waals surface area contributed by atoms with Crippen LogP contribution in [0.5, 0.6) is 0 Å². The molecule has 2 unspecified atom stereocenters. The quantitative estimate of drug-likeness (QED) is 0.657. The first-order valence-corrected chi connectivity index (χ1v) is 12.2. The zero-order valence-corrected chi connectivity index (χ0v) is 18.1. The summed E-state index contributed by atoms with van der Waals surface area (Å²) >= 11 is 0. The van der Waals surface area contributed by atoms with Gasteiger partial charge in [-0.05, 0) is 67.0 Å². The average molecular weight is 443 g/mol. The Balaban J connectivity index is 1.79. The molecule has 2 aromatic carbocycles. The lowest BCUT2D eigenvalue weighted by Gasteiger charge is -2.35. The van der Waals surface area contributed by atoms with Gasteiger partial charge in [-0.15, -0.1) is 0 Å². The minimum Gasteiger partial charge on any atom is -0.455 e. The van der Waals surface area contributed by atoms with Crippen LogP contribution in [0.1, 0.15) is 41.1 Å². The number of hydrogen-bond donors (Lipinski definition) is 1. The van der Waals surface area contributed by atoms with Gasteiger partial charge in [0.15, 0.2) is 0 Å². The zero-order chi connectivity index (χ0) is 21.9. The lowest BCUT2D eigenvalue weighted by Crippen LogP contribution is -2.31. The summed E-state index contributed by atoms with van der Waals surface area (Å²) in [5, 5.41) is 3.30. The predicted molar refractivity (Wildman–Crippen MR) is 117 cm³/mol. The first-order chi connectivity index (χ1) is 14.8. The summed E-state index contributed by atoms with van der Waals surface area (Å²) in [6.07, 6.45) is 4.11. The number of nitrogens with one attached hydrogen (secondary N) is 1. The van der Waals surface area contributed by atoms with Crippen molar-refractivity contribution < 1.29 is 22.0 Å². The lowest BCUT2D eigenvalue weighted by atomic mass is 9.69. The van der Waals surface area contributed by atoms with Crippen molar-refractivity contribution >= 4 is 32.6 Å². The molecular weight excluding hydrogens is 419 g/mol. The number of rotatable bonds is 3. The first-order valence-electron chi connectivity index (χ1n) is 10.3. The molecule has 31 heavy (non-hydrogen) atoms. The molecule has 1 fully saturated rings. The average Bonchev–Trinajstić information content (AvgIpc) is 3.02. The molecule has 1 aliphatic carbocycles. The summed E-state index contributed by atoms with van der Waals surface area (Å²) in [5.74, 6) is 0.359. The molecule has 2 heterocycles. The molecule has 0 bridgehead atoms. The van der Waals surface area contributed by atoms with E-state index >= 15 is 0 Å². The number of anilines is 1. The van der Waals surface area contributed by atoms with E-state index in [1.54, 1.807) is 25.2 Å². The number of furan rings is 1. The Kier molecular flexibility index (Phi) is 4.58. The molecule has 0 saturated heterocycles. The summed E-state index contributed by atoms with van der Waals surface area (Å²) in [6.45, 7) is 0.437. The Morgan fingerprint density at radius 1 is 1.16 bits per heavy atom. The normalized spacial score (nSPS) is 20.5. The largest absolute Gasteiger partial charge is 0.455 e. The summed E-state index contributed by atoms with van der Waals surface area (Å²) in [4.78, 5) is 12.8. The number of halogens is 1. The van der Waals surface area contributed by atoms with Crippen LogP contribution in [0, 0.1) is 11.7 Å². The molecule has 2 aliphatic rings. The van der Waals surface area contributed by atoms with Gasteiger partial charge in [0.05, 0.1) is 17.5 Å². The predicted octanol–water partition coefficient (Wildman–Crippen LogP) is 4.26. The van der Waals surface area contributed by atoms with E-state index in [1.807, 2.05) is 6.07 Å². The van der Waals surface area contributed by atoms with Crippen molar-refractivity contribution in [1.29, 1.82) is 0 Å². The Morgan fingerprint density at radius 2 is 1.90 bits per heavy atom. The standard InChI is InChI=1S/C23H23FN2O4S/c1-25-23(27)21-18-11-17-16-8-5-13(16)9-10-26(31(2,28)29)19(17)12-20(18)30-22(21)14-3-6-15(24)7-4-14/h3-4,6-7,11-13,16H,5,8-10H2,1-2H3,(H,25,27). The fourth-order valence-electron chi connectivity index (χ4n) is 4.89. The molecule has 1 N–H and O–H groups in total. The summed E-state index contributed by atoms with van der Waals surface area (Å²) in [7, 11) is -1.91. The molecule has 1 aromatic heterocycles. The van der Waals surface area contributed by atoms with Gasteiger partial charge in [0.2, 0.25) is 10.0 Å². The third-order valence-corrected chi connectivity index (χ3v) is 7.77. The van der Waals surface area contributed by atoms with Gasteiger partial charge in [-0.1, -0.05) is 0 Å². The summed E-state index contributed by atoms with van der Waals surface area (Å²) in [5.41, 5.74) is 2.96. The molecule has 6 nitrogen and oxygen atoms in total. The zero-order valence-electron chi connectivity index (χ0n) is 17.3. The Hall–Kier alpha value is -2.87. The van der Waals surface area contributed by atoms with E-state index in [2.05, 4.69) is 5.32 Å². The van der Waals surface area contributed by atoms with Gasteiger partial charge in [-0.25, -0.2) is 12.8 Å². The van der Waals surface area contributed by atoms with Gasteiger partial charge in [-0.2, -0.15) is 0 Å². The number of carbonyl (C=O) groups excluding carboxylic acids is 1. The van der Waals surface area contributed by atoms with E-state index in [0.29, 0.717) is 46.0 Å². The topological polar surface area (TPSA) is 79.6 Å². The van der Waals surface area contributed by atoms with Gasteiger partial charge in [-0.3, -0.25) is 9.10 Å². The van der Waals surface area contributed by atoms with Crippen LogP contribution in [0.4, 0.5) is 10.1 Å². The van der Waals surface area contributed by atoms with Gasteiger partial charge >= 0.3 is 0 Å². The summed E-state index contributed by atoms with van der Waals surface area (Å²) in [6, 6.07) is 9.42. The van der Waals surface area contributed by atoms with Crippen LogP contribution in [0.2, 0.25) is 0 Å². The lowest BCUT2D eigenvalue weighted by molar-refractivity contribution is 0.0964. The minimum absolute atomic E-state index is 0.271. The summed E-state index contributed by atoms with van der Waals surface area (Å²) < 4.78 is 46.1. The number of hydrogen-bond acceptors (Lipinski definition) is 4. The Bertz CT molecular complexity index is 1300. The van der Waals surface area contributed by atoms with Crippen LogP contribution in [-0.2, 0) is 10.0 Å². The van der Waals surface area contributed by atoms with Gasteiger partial charge < -0.3 is 9.73 Å². The molecule has 162 valence electrons. The van der Waals surface area contributed by atoms with Gasteiger partial charge in [0, 0.05) is 30.6 Å². The van der Waals surface area contributed by atoms with Crippen LogP contribution in [0.3, 0.4) is 0 Å². The fraction of sp³-hybridized carbons (Fsp3) is 0.348. The third kappa shape index (κ3) is 3.20. The molecule has 1 aliphatic heterocycles. The molecule has 8 heteroatoms. The maximum absolute atomic E-state index is 13.4. The van der Waals surface area contributed by atoms with Crippen molar-refractivity contribution in [3.63, 3.8) is 0 Å². The number of fused-ring (bicyclic) bond motifs is 4. The molecule has 0 spiro atoms. The Labute approximate surface area is 180 Å². The highest BCUT2D eigenvalue weighted by Crippen LogP contribution is 2.51. The highest BCUT2D eigenvalue weighted by Gasteiger charge is 2.39. The molecule has 1 amide bonds. The van der Waals surface area contributed by atoms with Crippen molar-refractivity contribution in [2.75, 3.05) is 24.2 Å². The molecule has 3 aromatic rings. The molecule has 5 rings (SSSR count). The van der Waals surface area contributed by atoms with E-state index in [4.69, 9.17) is 4.42 Å². The second-order valence-electron chi connectivity index (χ2n) is 8.37. The van der Waals surface area contributed by atoms with Crippen molar-refractivity contribution in [3.8, 4) is 11.3 Å². The van der Waals surface area contributed by atoms with Gasteiger partial charge in [0.25, 0.3) is 5.91 Å². The first kappa shape index (κ1) is 20.1. The number of carbonyl (C=O) groups is 1. The molecule has 1 saturated carbocycles. The fourth-order valence-corrected chi connectivity index (χ4v) is 5.84. The molecule has 2 atom stereocenters. The maximum Gasteiger partial charge on any atom is 0.255 e. The van der Waals surface area contributed by atoms with E-state index in [0.717, 1.165) is 24.8 Å². The number of amides is 1. The highest BCUT2D eigenvalue weighted by molar-refractivity contribution is 7.92. The van der Waals surface area contributed by atoms with Crippen LogP contribution in [0.15, 0.2) is 40.8 Å². The SMILES string of the molecule is CNC(=O)c1c(-c2ccc(F)cc2)oc2cc3c(cc12)C1CCC1CCN3S(C)(=O)=O. The van der Waals surface area contributed by atoms with Crippen LogP contribution >= 0.6 is 0 Å². The minimum atomic E-state index is -3.46. The van der Waals surface area contributed by atoms with Crippen molar-refractivity contribution in [3.05, 3.63) is 53.3 Å². The second kappa shape index (κ2) is 7.09. The number of nitrogens with zero attached hydrogens (tertiary/aromatic N) is 1. The molecule has 0 radical (unpaired) electrons. The maximum atomic E-state index is 13.4. The Morgan fingerprint density at radius 3 is 2.52 bits per heavy atom. The number of benzene rings is 2. The van der Waals surface area contributed by atoms with Crippen molar-refractivity contribution in [1.82, 2.24) is 5.32 Å². The monoisotopic (exact) mass is 442 g/mol.